The van der Waals surface area contributed by atoms with Gasteiger partial charge in [-0.05, 0) is 95.4 Å². The number of hydrogen-bond acceptors (Lipinski definition) is 9. The first-order valence-electron chi connectivity index (χ1n) is 19.4. The summed E-state index contributed by atoms with van der Waals surface area (Å²) in [5.41, 5.74) is 4.15. The maximum Gasteiger partial charge on any atom is 0.494 e. The molecule has 2 N–H and O–H groups in total. The molecule has 4 aliphatic rings. The van der Waals surface area contributed by atoms with E-state index in [9.17, 15) is 9.59 Å². The molecule has 2 amide bonds. The number of nitrogens with zero attached hydrogens (tertiary/aromatic N) is 4. The topological polar surface area (TPSA) is 133 Å². The lowest BCUT2D eigenvalue weighted by Gasteiger charge is -2.32. The lowest BCUT2D eigenvalue weighted by Crippen LogP contribution is -2.51. The van der Waals surface area contributed by atoms with Crippen LogP contribution in [-0.2, 0) is 31.7 Å². The summed E-state index contributed by atoms with van der Waals surface area (Å²) in [6.45, 7) is 12.4. The number of aryl methyl sites for hydroxylation is 2. The molecule has 292 valence electrons. The number of methoxy groups -OCH3 is 1. The standard InChI is InChI=1S/C41H46BFN6O6S/c1-21(2)34(47-39(51)52-7)37(50)48-15-9-11-29(48)35-44-20-27(45-35)22-17-25(43)33-30-18-23-16-24(42-54-40(3,4)41(5,6)55-42)13-14-28(23)49(30)38(53-31(33)19-22)36-46-26-10-8-12-32(26)56-36/h13-14,16-21,29,34,38H,8-12,15H2,1-7H3,(H,44,45)(H,47,51). The fourth-order valence-electron chi connectivity index (χ4n) is 8.40. The predicted molar refractivity (Wildman–Crippen MR) is 211 cm³/mol. The van der Waals surface area contributed by atoms with Crippen LogP contribution in [0.3, 0.4) is 0 Å². The average Bonchev–Trinajstić information content (AvgIpc) is 4.00. The van der Waals surface area contributed by atoms with Crippen LogP contribution in [0.25, 0.3) is 33.4 Å². The van der Waals surface area contributed by atoms with E-state index < -0.39 is 42.5 Å². The third-order valence-electron chi connectivity index (χ3n) is 12.1. The van der Waals surface area contributed by atoms with E-state index in [1.807, 2.05) is 65.8 Å². The van der Waals surface area contributed by atoms with Crippen LogP contribution in [0.15, 0.2) is 42.6 Å². The van der Waals surface area contributed by atoms with Crippen molar-refractivity contribution in [2.75, 3.05) is 13.7 Å². The number of likely N-dealkylation sites (tertiary alicyclic amines) is 1. The molecule has 3 aliphatic heterocycles. The lowest BCUT2D eigenvalue weighted by atomic mass is 9.78. The van der Waals surface area contributed by atoms with Crippen LogP contribution < -0.4 is 15.5 Å². The second-order valence-electron chi connectivity index (χ2n) is 16.6. The zero-order chi connectivity index (χ0) is 39.3. The van der Waals surface area contributed by atoms with Gasteiger partial charge in [0.15, 0.2) is 5.01 Å². The van der Waals surface area contributed by atoms with Crippen molar-refractivity contribution in [2.24, 2.45) is 5.92 Å². The number of H-pyrrole nitrogens is 1. The summed E-state index contributed by atoms with van der Waals surface area (Å²) in [4.78, 5) is 42.0. The average molecular weight is 781 g/mol. The smallest absolute Gasteiger partial charge is 0.462 e. The molecule has 3 atom stereocenters. The number of carbonyl (C=O) groups is 2. The highest BCUT2D eigenvalue weighted by Gasteiger charge is 2.52. The van der Waals surface area contributed by atoms with Crippen molar-refractivity contribution in [1.82, 2.24) is 29.7 Å². The van der Waals surface area contributed by atoms with Crippen LogP contribution in [0.2, 0.25) is 0 Å². The number of carbonyl (C=O) groups excluding carboxylic acids is 2. The highest BCUT2D eigenvalue weighted by atomic mass is 32.1. The first kappa shape index (κ1) is 36.9. The zero-order valence-corrected chi connectivity index (χ0v) is 33.5. The number of amides is 2. The number of alkyl carbamates (subject to hydrolysis) is 1. The molecular weight excluding hydrogens is 734 g/mol. The Balaban J connectivity index is 1.08. The summed E-state index contributed by atoms with van der Waals surface area (Å²) in [5.74, 6) is 0.216. The molecule has 2 aromatic carbocycles. The summed E-state index contributed by atoms with van der Waals surface area (Å²) in [7, 11) is 0.738. The molecule has 0 radical (unpaired) electrons. The normalized spacial score (nSPS) is 21.2. The van der Waals surface area contributed by atoms with E-state index in [-0.39, 0.29) is 17.9 Å². The molecule has 0 spiro atoms. The van der Waals surface area contributed by atoms with Gasteiger partial charge in [0.2, 0.25) is 12.1 Å². The van der Waals surface area contributed by atoms with Gasteiger partial charge in [-0.2, -0.15) is 0 Å². The number of rotatable bonds is 7. The first-order valence-corrected chi connectivity index (χ1v) is 20.2. The molecule has 2 saturated heterocycles. The predicted octanol–water partition coefficient (Wildman–Crippen LogP) is 7.07. The summed E-state index contributed by atoms with van der Waals surface area (Å²) >= 11 is 1.67. The molecule has 9 rings (SSSR count). The second-order valence-corrected chi connectivity index (χ2v) is 17.7. The van der Waals surface area contributed by atoms with E-state index in [0.717, 1.165) is 52.8 Å². The molecule has 1 aliphatic carbocycles. The minimum atomic E-state index is -0.748. The number of halogens is 1. The van der Waals surface area contributed by atoms with Crippen molar-refractivity contribution in [3.05, 3.63) is 69.8 Å². The maximum absolute atomic E-state index is 16.7. The van der Waals surface area contributed by atoms with Gasteiger partial charge in [0, 0.05) is 22.4 Å². The summed E-state index contributed by atoms with van der Waals surface area (Å²) < 4.78 is 43.1. The maximum atomic E-state index is 16.7. The van der Waals surface area contributed by atoms with Crippen LogP contribution in [-0.4, -0.2) is 74.4 Å². The summed E-state index contributed by atoms with van der Waals surface area (Å²) in [6.07, 6.45) is 4.93. The number of fused-ring (bicyclic) bond motifs is 6. The fraction of sp³-hybridized carbons (Fsp3) is 0.463. The Morgan fingerprint density at radius 2 is 1.88 bits per heavy atom. The number of nitrogens with one attached hydrogen (secondary N) is 2. The van der Waals surface area contributed by atoms with Gasteiger partial charge >= 0.3 is 13.2 Å². The Labute approximate surface area is 329 Å². The number of aromatic amines is 1. The summed E-state index contributed by atoms with van der Waals surface area (Å²) in [5, 5.41) is 4.43. The Bertz CT molecular complexity index is 2350. The molecule has 6 heterocycles. The molecule has 0 bridgehead atoms. The van der Waals surface area contributed by atoms with Gasteiger partial charge in [-0.25, -0.2) is 19.2 Å². The van der Waals surface area contributed by atoms with Crippen LogP contribution in [0.1, 0.15) is 94.5 Å². The van der Waals surface area contributed by atoms with Crippen molar-refractivity contribution in [3.8, 4) is 28.3 Å². The molecule has 0 saturated carbocycles. The monoisotopic (exact) mass is 780 g/mol. The van der Waals surface area contributed by atoms with Crippen molar-refractivity contribution < 1.29 is 32.8 Å². The number of hydrogen-bond donors (Lipinski definition) is 2. The van der Waals surface area contributed by atoms with E-state index in [0.29, 0.717) is 47.1 Å². The zero-order valence-electron chi connectivity index (χ0n) is 32.7. The van der Waals surface area contributed by atoms with Crippen molar-refractivity contribution in [2.45, 2.75) is 103 Å². The SMILES string of the molecule is COC(=O)NC(C(=O)N1CCCC1c1ncc(-c2cc(F)c3c(c2)OC(c2nc4c(s2)CCC4)n2c-3cc3cc(B4OC(C)(C)C(C)(C)O4)ccc32)[nH]1)C(C)C. The van der Waals surface area contributed by atoms with Crippen molar-refractivity contribution >= 4 is 46.8 Å². The highest BCUT2D eigenvalue weighted by Crippen LogP contribution is 2.48. The number of benzene rings is 2. The number of imidazole rings is 1. The second kappa shape index (κ2) is 13.4. The van der Waals surface area contributed by atoms with Gasteiger partial charge in [0.25, 0.3) is 0 Å². The first-order chi connectivity index (χ1) is 26.7. The van der Waals surface area contributed by atoms with Gasteiger partial charge in [0.05, 0.1) is 58.7 Å². The quantitative estimate of drug-likeness (QED) is 0.168. The molecular formula is C41H46BFN6O6S. The highest BCUT2D eigenvalue weighted by molar-refractivity contribution is 7.11. The molecule has 15 heteroatoms. The Morgan fingerprint density at radius 1 is 1.09 bits per heavy atom. The number of thiazole rings is 1. The fourth-order valence-corrected chi connectivity index (χ4v) is 9.57. The van der Waals surface area contributed by atoms with Gasteiger partial charge < -0.3 is 34.0 Å². The van der Waals surface area contributed by atoms with Gasteiger partial charge in [0.1, 0.15) is 23.4 Å². The largest absolute Gasteiger partial charge is 0.494 e. The number of aromatic nitrogens is 4. The lowest BCUT2D eigenvalue weighted by molar-refractivity contribution is -0.135. The van der Waals surface area contributed by atoms with E-state index >= 15 is 4.39 Å². The summed E-state index contributed by atoms with van der Waals surface area (Å²) in [6, 6.07) is 10.4. The Hall–Kier alpha value is -4.73. The molecule has 2 fully saturated rings. The molecule has 5 aromatic rings. The van der Waals surface area contributed by atoms with Crippen LogP contribution in [0, 0.1) is 11.7 Å². The third-order valence-corrected chi connectivity index (χ3v) is 13.3. The van der Waals surface area contributed by atoms with E-state index in [4.69, 9.17) is 23.8 Å². The molecule has 3 unspecified atom stereocenters. The van der Waals surface area contributed by atoms with E-state index in [2.05, 4.69) is 25.9 Å². The minimum Gasteiger partial charge on any atom is -0.462 e. The van der Waals surface area contributed by atoms with Crippen LogP contribution in [0.4, 0.5) is 9.18 Å². The van der Waals surface area contributed by atoms with E-state index in [1.165, 1.54) is 18.1 Å². The third kappa shape index (κ3) is 6.01. The minimum absolute atomic E-state index is 0.154. The Kier molecular flexibility index (Phi) is 8.86. The van der Waals surface area contributed by atoms with Gasteiger partial charge in [-0.15, -0.1) is 11.3 Å². The van der Waals surface area contributed by atoms with Crippen LogP contribution in [0.5, 0.6) is 5.75 Å². The van der Waals surface area contributed by atoms with Gasteiger partial charge in [-0.1, -0.05) is 26.0 Å². The molecule has 56 heavy (non-hydrogen) atoms. The van der Waals surface area contributed by atoms with Crippen molar-refractivity contribution in [3.63, 3.8) is 0 Å². The molecule has 3 aromatic heterocycles. The Morgan fingerprint density at radius 3 is 2.61 bits per heavy atom. The van der Waals surface area contributed by atoms with Gasteiger partial charge in [-0.3, -0.25) is 9.36 Å². The molecule has 12 nitrogen and oxygen atoms in total. The van der Waals surface area contributed by atoms with E-state index in [1.54, 1.807) is 22.4 Å². The van der Waals surface area contributed by atoms with Crippen molar-refractivity contribution in [1.29, 1.82) is 0 Å². The van der Waals surface area contributed by atoms with Crippen LogP contribution >= 0.6 is 11.3 Å². The number of ether oxygens (including phenoxy) is 2.